The summed E-state index contributed by atoms with van der Waals surface area (Å²) < 4.78 is 1.43. The van der Waals surface area contributed by atoms with Crippen LogP contribution in [0.2, 0.25) is 0 Å². The summed E-state index contributed by atoms with van der Waals surface area (Å²) in [6.45, 7) is 0. The van der Waals surface area contributed by atoms with Crippen LogP contribution in [-0.4, -0.2) is 15.7 Å². The first-order valence-corrected chi connectivity index (χ1v) is 2.60. The fraction of sp³-hybridized carbons (Fsp3) is 0.500. The van der Waals surface area contributed by atoms with Gasteiger partial charge in [-0.15, -0.1) is 0 Å². The standard InChI is InChI=1S/C2H4OS2/c3-1-5-2-4/h2-3H,1H2. The predicted octanol–water partition coefficient (Wildman–Crippen LogP) is 0.627. The highest BCUT2D eigenvalue weighted by atomic mass is 32.2. The van der Waals surface area contributed by atoms with Crippen molar-refractivity contribution in [2.24, 2.45) is 0 Å². The molecule has 0 rings (SSSR count). The molecule has 0 saturated heterocycles. The maximum atomic E-state index is 7.93. The average molecular weight is 108 g/mol. The van der Waals surface area contributed by atoms with Gasteiger partial charge in [0, 0.05) is 4.70 Å². The fourth-order valence-electron chi connectivity index (χ4n) is 0.0304. The molecule has 5 heavy (non-hydrogen) atoms. The minimum absolute atomic E-state index is 0.101. The third-order valence-corrected chi connectivity index (χ3v) is 0.836. The number of aliphatic hydroxyl groups excluding tert-OH is 1. The number of aliphatic hydroxyl groups is 1. The lowest BCUT2D eigenvalue weighted by Gasteiger charge is -1.72. The van der Waals surface area contributed by atoms with E-state index in [0.29, 0.717) is 0 Å². The Morgan fingerprint density at radius 3 is 2.60 bits per heavy atom. The van der Waals surface area contributed by atoms with Gasteiger partial charge in [0.15, 0.2) is 0 Å². The van der Waals surface area contributed by atoms with Gasteiger partial charge in [-0.3, -0.25) is 0 Å². The summed E-state index contributed by atoms with van der Waals surface area (Å²) in [6, 6.07) is 0. The molecule has 0 bridgehead atoms. The summed E-state index contributed by atoms with van der Waals surface area (Å²) >= 11 is 5.54. The smallest absolute Gasteiger partial charge is 0.0934 e. The Labute approximate surface area is 40.4 Å². The van der Waals surface area contributed by atoms with Gasteiger partial charge in [0.1, 0.15) is 0 Å². The van der Waals surface area contributed by atoms with E-state index in [1.165, 1.54) is 16.5 Å². The molecule has 0 fully saturated rings. The Bertz CT molecular complexity index is 28.8. The summed E-state index contributed by atoms with van der Waals surface area (Å²) in [5.41, 5.74) is 0. The minimum atomic E-state index is 0.101. The third kappa shape index (κ3) is 4.40. The lowest BCUT2D eigenvalue weighted by molar-refractivity contribution is 0.376. The van der Waals surface area contributed by atoms with Crippen LogP contribution < -0.4 is 0 Å². The maximum absolute atomic E-state index is 7.93. The highest BCUT2D eigenvalue weighted by Gasteiger charge is 1.63. The lowest BCUT2D eigenvalue weighted by Crippen LogP contribution is -1.64. The lowest BCUT2D eigenvalue weighted by atomic mass is 11.7. The molecule has 0 heterocycles. The van der Waals surface area contributed by atoms with Crippen molar-refractivity contribution in [2.45, 2.75) is 0 Å². The zero-order chi connectivity index (χ0) is 4.12. The van der Waals surface area contributed by atoms with Crippen molar-refractivity contribution in [3.8, 4) is 0 Å². The van der Waals surface area contributed by atoms with Crippen LogP contribution >= 0.6 is 24.0 Å². The number of thiocarbonyl (C=S) groups is 1. The molecular formula is C2H4OS2. The Morgan fingerprint density at radius 2 is 2.60 bits per heavy atom. The van der Waals surface area contributed by atoms with Crippen LogP contribution in [0.3, 0.4) is 0 Å². The molecule has 0 radical (unpaired) electrons. The van der Waals surface area contributed by atoms with E-state index in [1.54, 1.807) is 0 Å². The molecule has 0 aromatic carbocycles. The van der Waals surface area contributed by atoms with E-state index < -0.39 is 0 Å². The van der Waals surface area contributed by atoms with Crippen molar-refractivity contribution in [3.63, 3.8) is 0 Å². The molecule has 1 N–H and O–H groups in total. The van der Waals surface area contributed by atoms with E-state index in [4.69, 9.17) is 5.11 Å². The van der Waals surface area contributed by atoms with Crippen molar-refractivity contribution in [3.05, 3.63) is 0 Å². The zero-order valence-corrected chi connectivity index (χ0v) is 4.18. The SMILES string of the molecule is OCSC=S. The zero-order valence-electron chi connectivity index (χ0n) is 2.55. The number of rotatable bonds is 2. The Kier molecular flexibility index (Phi) is 4.75. The van der Waals surface area contributed by atoms with Crippen LogP contribution in [0.15, 0.2) is 0 Å². The second-order valence-corrected chi connectivity index (χ2v) is 1.75. The summed E-state index contributed by atoms with van der Waals surface area (Å²) in [5, 5.41) is 7.93. The van der Waals surface area contributed by atoms with Crippen LogP contribution in [0, 0.1) is 0 Å². The molecule has 0 aromatic rings. The van der Waals surface area contributed by atoms with Crippen molar-refractivity contribution in [1.82, 2.24) is 0 Å². The van der Waals surface area contributed by atoms with E-state index in [9.17, 15) is 0 Å². The molecule has 0 spiro atoms. The molecule has 0 aliphatic carbocycles. The van der Waals surface area contributed by atoms with E-state index in [0.717, 1.165) is 0 Å². The number of hydrogen-bond acceptors (Lipinski definition) is 3. The molecule has 30 valence electrons. The molecule has 0 unspecified atom stereocenters. The summed E-state index contributed by atoms with van der Waals surface area (Å²) in [7, 11) is 0. The number of hydrogen-bond donors (Lipinski definition) is 1. The quantitative estimate of drug-likeness (QED) is 0.414. The minimum Gasteiger partial charge on any atom is -0.385 e. The maximum Gasteiger partial charge on any atom is 0.0934 e. The molecule has 1 nitrogen and oxygen atoms in total. The Morgan fingerprint density at radius 1 is 2.00 bits per heavy atom. The summed E-state index contributed by atoms with van der Waals surface area (Å²) in [4.78, 5) is 0. The van der Waals surface area contributed by atoms with Gasteiger partial charge in [0.25, 0.3) is 0 Å². The molecule has 0 atom stereocenters. The van der Waals surface area contributed by atoms with Crippen LogP contribution in [0.5, 0.6) is 0 Å². The van der Waals surface area contributed by atoms with Gasteiger partial charge in [0.05, 0.1) is 5.94 Å². The summed E-state index contributed by atoms with van der Waals surface area (Å²) in [5.74, 6) is 0.101. The molecule has 0 aliphatic rings. The molecule has 0 aliphatic heterocycles. The van der Waals surface area contributed by atoms with Gasteiger partial charge >= 0.3 is 0 Å². The van der Waals surface area contributed by atoms with Gasteiger partial charge < -0.3 is 5.11 Å². The highest BCUT2D eigenvalue weighted by Crippen LogP contribution is 1.86. The first kappa shape index (κ1) is 5.40. The largest absolute Gasteiger partial charge is 0.385 e. The van der Waals surface area contributed by atoms with Crippen molar-refractivity contribution in [1.29, 1.82) is 0 Å². The van der Waals surface area contributed by atoms with Gasteiger partial charge in [0.2, 0.25) is 0 Å². The average Bonchev–Trinajstić information content (AvgIpc) is 1.41. The molecule has 0 amide bonds. The van der Waals surface area contributed by atoms with Crippen molar-refractivity contribution in [2.75, 3.05) is 5.94 Å². The molecule has 0 saturated carbocycles. The normalized spacial score (nSPS) is 7.40. The monoisotopic (exact) mass is 108 g/mol. The first-order valence-electron chi connectivity index (χ1n) is 1.08. The van der Waals surface area contributed by atoms with Gasteiger partial charge in [-0.1, -0.05) is 24.0 Å². The second kappa shape index (κ2) is 4.40. The van der Waals surface area contributed by atoms with Crippen LogP contribution in [0.4, 0.5) is 0 Å². The summed E-state index contributed by atoms with van der Waals surface area (Å²) in [6.07, 6.45) is 0. The van der Waals surface area contributed by atoms with Crippen molar-refractivity contribution < 1.29 is 5.11 Å². The highest BCUT2D eigenvalue weighted by molar-refractivity contribution is 8.20. The van der Waals surface area contributed by atoms with Crippen molar-refractivity contribution >= 4 is 28.7 Å². The van der Waals surface area contributed by atoms with E-state index >= 15 is 0 Å². The third-order valence-electron chi connectivity index (χ3n) is 0.143. The van der Waals surface area contributed by atoms with Gasteiger partial charge in [-0.05, 0) is 0 Å². The van der Waals surface area contributed by atoms with E-state index in [1.807, 2.05) is 0 Å². The first-order chi connectivity index (χ1) is 2.41. The van der Waals surface area contributed by atoms with E-state index in [2.05, 4.69) is 12.2 Å². The Hall–Kier alpha value is 0.400. The molecule has 3 heteroatoms. The Balaban J connectivity index is 2.40. The second-order valence-electron chi connectivity index (χ2n) is 0.392. The van der Waals surface area contributed by atoms with Crippen LogP contribution in [0.25, 0.3) is 0 Å². The molecular weight excluding hydrogens is 104 g/mol. The van der Waals surface area contributed by atoms with Gasteiger partial charge in [-0.25, -0.2) is 0 Å². The van der Waals surface area contributed by atoms with Crippen LogP contribution in [0.1, 0.15) is 0 Å². The molecule has 0 aromatic heterocycles. The predicted molar refractivity (Wildman–Crippen MR) is 28.3 cm³/mol. The topological polar surface area (TPSA) is 20.2 Å². The van der Waals surface area contributed by atoms with E-state index in [-0.39, 0.29) is 5.94 Å². The fourth-order valence-corrected chi connectivity index (χ4v) is 0.274. The van der Waals surface area contributed by atoms with Crippen LogP contribution in [-0.2, 0) is 0 Å². The van der Waals surface area contributed by atoms with Gasteiger partial charge in [-0.2, -0.15) is 0 Å². The number of thioether (sulfide) groups is 1.